The van der Waals surface area contributed by atoms with Gasteiger partial charge in [0.2, 0.25) is 0 Å². The van der Waals surface area contributed by atoms with Crippen LogP contribution in [-0.4, -0.2) is 81.7 Å². The molecule has 0 saturated carbocycles. The number of halogens is 2. The minimum atomic E-state index is -1.24. The monoisotopic (exact) mass is 764 g/mol. The molecular weight excluding hydrogens is 715 g/mol. The molecule has 13 nitrogen and oxygen atoms in total. The van der Waals surface area contributed by atoms with Crippen molar-refractivity contribution in [1.29, 1.82) is 0 Å². The van der Waals surface area contributed by atoms with Gasteiger partial charge in [0.1, 0.15) is 5.60 Å². The van der Waals surface area contributed by atoms with E-state index in [-0.39, 0.29) is 30.9 Å². The predicted octanol–water partition coefficient (Wildman–Crippen LogP) is 7.42. The number of carbonyl (C=O) groups excluding carboxylic acids is 2. The summed E-state index contributed by atoms with van der Waals surface area (Å²) in [6, 6.07) is 7.48. The summed E-state index contributed by atoms with van der Waals surface area (Å²) >= 11 is 0. The third kappa shape index (κ3) is 9.32. The van der Waals surface area contributed by atoms with Crippen LogP contribution < -0.4 is 15.4 Å². The number of pyridine rings is 1. The lowest BCUT2D eigenvalue weighted by Crippen LogP contribution is -2.46. The number of aromatic nitrogens is 5. The number of carbonyl (C=O) groups is 2. The Morgan fingerprint density at radius 1 is 0.926 bits per heavy atom. The van der Waals surface area contributed by atoms with E-state index in [2.05, 4.69) is 54.8 Å². The van der Waals surface area contributed by atoms with E-state index < -0.39 is 49.4 Å². The minimum absolute atomic E-state index is 0.00585. The molecule has 3 atom stereocenters. The lowest BCUT2D eigenvalue weighted by Gasteiger charge is -2.34. The largest absolute Gasteiger partial charge is 0.444 e. The maximum atomic E-state index is 15.3. The number of imidazole rings is 1. The number of nitrogens with zero attached hydrogens (tertiary/aromatic N) is 6. The van der Waals surface area contributed by atoms with Crippen LogP contribution in [0.25, 0.3) is 11.2 Å². The number of nitrogens with one attached hydrogen (secondary N) is 2. The van der Waals surface area contributed by atoms with Gasteiger partial charge in [0.15, 0.2) is 24.1 Å². The first kappa shape index (κ1) is 39.0. The van der Waals surface area contributed by atoms with Gasteiger partial charge < -0.3 is 29.7 Å². The minimum Gasteiger partial charge on any atom is -0.444 e. The fraction of sp³-hybridized carbons (Fsp3) is 0.526. The van der Waals surface area contributed by atoms with Gasteiger partial charge in [0, 0.05) is 58.3 Å². The summed E-state index contributed by atoms with van der Waals surface area (Å²) in [5, 5.41) is 6.00. The van der Waals surface area contributed by atoms with Gasteiger partial charge in [-0.3, -0.25) is 14.5 Å². The van der Waals surface area contributed by atoms with Crippen LogP contribution in [-0.2, 0) is 9.47 Å². The van der Waals surface area contributed by atoms with E-state index in [9.17, 15) is 14.0 Å². The van der Waals surface area contributed by atoms with E-state index in [4.69, 9.17) is 14.2 Å². The highest BCUT2D eigenvalue weighted by atomic mass is 28.3. The van der Waals surface area contributed by atoms with Crippen LogP contribution in [0.5, 0.6) is 6.01 Å². The summed E-state index contributed by atoms with van der Waals surface area (Å²) in [7, 11) is -1.24. The number of benzene rings is 1. The zero-order chi connectivity index (χ0) is 38.6. The first-order chi connectivity index (χ1) is 25.7. The van der Waals surface area contributed by atoms with Gasteiger partial charge in [-0.15, -0.1) is 0 Å². The van der Waals surface area contributed by atoms with E-state index in [1.54, 1.807) is 31.9 Å². The maximum Gasteiger partial charge on any atom is 0.408 e. The molecule has 1 aliphatic heterocycles. The average Bonchev–Trinajstić information content (AvgIpc) is 3.42. The van der Waals surface area contributed by atoms with E-state index in [0.717, 1.165) is 17.6 Å². The van der Waals surface area contributed by atoms with Crippen LogP contribution in [0.3, 0.4) is 0 Å². The van der Waals surface area contributed by atoms with Crippen molar-refractivity contribution >= 4 is 31.4 Å². The number of likely N-dealkylation sites (tertiary alicyclic amines) is 1. The van der Waals surface area contributed by atoms with Crippen LogP contribution in [0.15, 0.2) is 48.9 Å². The van der Waals surface area contributed by atoms with Crippen molar-refractivity contribution in [2.45, 2.75) is 102 Å². The molecule has 54 heavy (non-hydrogen) atoms. The number of hydrogen-bond donors (Lipinski definition) is 2. The maximum absolute atomic E-state index is 15.3. The summed E-state index contributed by atoms with van der Waals surface area (Å²) in [5.74, 6) is -2.73. The number of ether oxygens (including phenoxy) is 3. The molecule has 1 fully saturated rings. The van der Waals surface area contributed by atoms with Crippen LogP contribution in [0.4, 0.5) is 18.4 Å². The van der Waals surface area contributed by atoms with Gasteiger partial charge in [-0.2, -0.15) is 4.98 Å². The van der Waals surface area contributed by atoms with Crippen molar-refractivity contribution in [1.82, 2.24) is 40.0 Å². The quantitative estimate of drug-likeness (QED) is 0.0729. The van der Waals surface area contributed by atoms with Crippen molar-refractivity contribution in [3.05, 3.63) is 77.5 Å². The Bertz CT molecular complexity index is 1940. The van der Waals surface area contributed by atoms with Gasteiger partial charge in [-0.05, 0) is 76.3 Å². The molecule has 3 amide bonds. The highest BCUT2D eigenvalue weighted by Crippen LogP contribution is 2.43. The van der Waals surface area contributed by atoms with Crippen LogP contribution >= 0.6 is 0 Å². The summed E-state index contributed by atoms with van der Waals surface area (Å²) in [5.41, 5.74) is 1.50. The number of piperidine rings is 1. The molecule has 2 aliphatic rings. The second-order valence-corrected chi connectivity index (χ2v) is 21.7. The fourth-order valence-corrected chi connectivity index (χ4v) is 7.81. The highest BCUT2D eigenvalue weighted by molar-refractivity contribution is 6.76. The van der Waals surface area contributed by atoms with Gasteiger partial charge in [0.05, 0.1) is 29.0 Å². The predicted molar refractivity (Wildman–Crippen MR) is 201 cm³/mol. The van der Waals surface area contributed by atoms with Gasteiger partial charge in [0.25, 0.3) is 0 Å². The Kier molecular flexibility index (Phi) is 11.8. The van der Waals surface area contributed by atoms with Gasteiger partial charge in [-0.1, -0.05) is 31.8 Å². The lowest BCUT2D eigenvalue weighted by molar-refractivity contribution is 0.0128. The Balaban J connectivity index is 1.17. The number of urea groups is 1. The molecule has 290 valence electrons. The van der Waals surface area contributed by atoms with Gasteiger partial charge in [-0.25, -0.2) is 23.4 Å². The molecular formula is C38H50F2N8O5Si. The third-order valence-electron chi connectivity index (χ3n) is 9.72. The van der Waals surface area contributed by atoms with Crippen molar-refractivity contribution in [2.75, 3.05) is 26.5 Å². The Morgan fingerprint density at radius 2 is 1.67 bits per heavy atom. The molecule has 1 aliphatic carbocycles. The van der Waals surface area contributed by atoms with Crippen LogP contribution in [0, 0.1) is 11.6 Å². The highest BCUT2D eigenvalue weighted by Gasteiger charge is 2.39. The van der Waals surface area contributed by atoms with Crippen LogP contribution in [0.1, 0.15) is 87.4 Å². The first-order valence-electron chi connectivity index (χ1n) is 18.5. The number of rotatable bonds is 10. The van der Waals surface area contributed by atoms with Crippen molar-refractivity contribution < 1.29 is 32.6 Å². The smallest absolute Gasteiger partial charge is 0.408 e. The lowest BCUT2D eigenvalue weighted by atomic mass is 9.86. The van der Waals surface area contributed by atoms with Crippen molar-refractivity contribution in [2.24, 2.45) is 0 Å². The molecule has 4 heterocycles. The second-order valence-electron chi connectivity index (χ2n) is 16.1. The van der Waals surface area contributed by atoms with Gasteiger partial charge >= 0.3 is 18.1 Å². The molecule has 0 spiro atoms. The SMILES string of the molecule is CC(C)(C)OC(=O)N[C@@H]1c2nccnc2[C@H](NC(=O)N2CCC(n3c(OCOCC[Si](C)(C)C)nc4ncccc43)CC2)CC[C@H]1c1cccc(F)c1F. The summed E-state index contributed by atoms with van der Waals surface area (Å²) in [6.07, 6.45) is 5.84. The second kappa shape index (κ2) is 16.3. The zero-order valence-electron chi connectivity index (χ0n) is 31.8. The van der Waals surface area contributed by atoms with E-state index >= 15 is 4.39 Å². The number of fused-ring (bicyclic) bond motifs is 2. The van der Waals surface area contributed by atoms with E-state index in [0.29, 0.717) is 62.0 Å². The molecule has 0 radical (unpaired) electrons. The van der Waals surface area contributed by atoms with Crippen LogP contribution in [0.2, 0.25) is 25.7 Å². The number of hydrogen-bond acceptors (Lipinski definition) is 9. The first-order valence-corrected chi connectivity index (χ1v) is 22.2. The van der Waals surface area contributed by atoms with Crippen molar-refractivity contribution in [3.8, 4) is 6.01 Å². The summed E-state index contributed by atoms with van der Waals surface area (Å²) in [6.45, 7) is 13.7. The summed E-state index contributed by atoms with van der Waals surface area (Å²) in [4.78, 5) is 47.0. The molecule has 0 unspecified atom stereocenters. The standard InChI is InChI=1S/C38H50F2N8O5Si/c1-38(2,3)53-37(50)45-31-26(25-9-7-10-27(39)30(25)40)12-13-28(32-33(31)42-18-17-41-32)44-35(49)47-19-14-24(15-20-47)48-29-11-8-16-43-34(29)46-36(48)52-23-51-21-22-54(4,5)6/h7-11,16-18,24,26,28,31H,12-15,19-23H2,1-6H3,(H,44,49)(H,45,50)/t26-,28+,31-/m0/s1. The molecule has 3 aromatic heterocycles. The summed E-state index contributed by atoms with van der Waals surface area (Å²) < 4.78 is 49.3. The molecule has 16 heteroatoms. The normalized spacial score (nSPS) is 19.6. The number of alkyl carbamates (subject to hydrolysis) is 1. The Labute approximate surface area is 315 Å². The average molecular weight is 765 g/mol. The molecule has 0 bridgehead atoms. The third-order valence-corrected chi connectivity index (χ3v) is 11.4. The molecule has 2 N–H and O–H groups in total. The molecule has 1 aromatic carbocycles. The Morgan fingerprint density at radius 3 is 2.39 bits per heavy atom. The van der Waals surface area contributed by atoms with Crippen molar-refractivity contribution in [3.63, 3.8) is 0 Å². The molecule has 6 rings (SSSR count). The van der Waals surface area contributed by atoms with E-state index in [1.807, 2.05) is 12.1 Å². The fourth-order valence-electron chi connectivity index (χ4n) is 7.06. The molecule has 4 aromatic rings. The topological polar surface area (TPSA) is 146 Å². The van der Waals surface area contributed by atoms with E-state index in [1.165, 1.54) is 24.5 Å². The molecule has 1 saturated heterocycles. The Hall–Kier alpha value is -4.70. The zero-order valence-corrected chi connectivity index (χ0v) is 32.8. The number of amides is 3.